The molecule has 11 heteroatoms. The van der Waals surface area contributed by atoms with Gasteiger partial charge in [0.25, 0.3) is 11.7 Å². The topological polar surface area (TPSA) is 85.3 Å². The van der Waals surface area contributed by atoms with E-state index in [1.807, 2.05) is 0 Å². The van der Waals surface area contributed by atoms with Crippen molar-refractivity contribution in [1.82, 2.24) is 0 Å². The molecule has 0 aliphatic carbocycles. The number of amides is 1. The molecule has 3 aromatic rings. The molecule has 192 valence electrons. The first kappa shape index (κ1) is 25.5. The van der Waals surface area contributed by atoms with Crippen molar-refractivity contribution in [2.24, 2.45) is 0 Å². The van der Waals surface area contributed by atoms with Crippen LogP contribution in [0, 0.1) is 5.82 Å². The predicted octanol–water partition coefficient (Wildman–Crippen LogP) is 5.37. The molecule has 1 N–H and O–H groups in total. The Morgan fingerprint density at radius 3 is 2.30 bits per heavy atom. The number of rotatable bonds is 6. The molecule has 3 aromatic carbocycles. The molecular weight excluding hydrogens is 498 g/mol. The van der Waals surface area contributed by atoms with Crippen LogP contribution in [0.4, 0.5) is 23.2 Å². The van der Waals surface area contributed by atoms with Crippen molar-refractivity contribution in [2.45, 2.75) is 12.4 Å². The van der Waals surface area contributed by atoms with Gasteiger partial charge in [0.15, 0.2) is 0 Å². The fourth-order valence-electron chi connectivity index (χ4n) is 4.07. The first-order valence-corrected chi connectivity index (χ1v) is 10.7. The van der Waals surface area contributed by atoms with Crippen molar-refractivity contribution in [1.29, 1.82) is 0 Å². The van der Waals surface area contributed by atoms with E-state index in [0.29, 0.717) is 5.75 Å². The van der Waals surface area contributed by atoms with Gasteiger partial charge in [0, 0.05) is 11.8 Å². The third kappa shape index (κ3) is 5.06. The van der Waals surface area contributed by atoms with Gasteiger partial charge in [-0.25, -0.2) is 4.39 Å². The zero-order chi connectivity index (χ0) is 26.9. The van der Waals surface area contributed by atoms with Crippen LogP contribution in [0.3, 0.4) is 0 Å². The Morgan fingerprint density at radius 1 is 0.919 bits per heavy atom. The van der Waals surface area contributed by atoms with Crippen molar-refractivity contribution < 1.29 is 46.5 Å². The minimum atomic E-state index is -4.99. The second-order valence-corrected chi connectivity index (χ2v) is 7.84. The highest BCUT2D eigenvalue weighted by Gasteiger charge is 2.47. The number of carbonyl (C=O) groups excluding carboxylic acids is 2. The summed E-state index contributed by atoms with van der Waals surface area (Å²) < 4.78 is 66.9. The molecule has 1 atom stereocenters. The molecule has 1 unspecified atom stereocenters. The third-order valence-electron chi connectivity index (χ3n) is 5.60. The highest BCUT2D eigenvalue weighted by atomic mass is 19.4. The molecule has 1 heterocycles. The fraction of sp³-hybridized carbons (Fsp3) is 0.154. The summed E-state index contributed by atoms with van der Waals surface area (Å²) in [7, 11) is 2.67. The first-order chi connectivity index (χ1) is 17.5. The van der Waals surface area contributed by atoms with Gasteiger partial charge in [0.05, 0.1) is 31.4 Å². The summed E-state index contributed by atoms with van der Waals surface area (Å²) in [5.41, 5.74) is -0.439. The molecule has 1 fully saturated rings. The van der Waals surface area contributed by atoms with Gasteiger partial charge in [0.1, 0.15) is 28.8 Å². The van der Waals surface area contributed by atoms with Crippen LogP contribution in [-0.4, -0.2) is 37.4 Å². The number of methoxy groups -OCH3 is 2. The number of alkyl halides is 3. The second-order valence-electron chi connectivity index (χ2n) is 7.84. The van der Waals surface area contributed by atoms with Gasteiger partial charge in [-0.1, -0.05) is 18.2 Å². The van der Waals surface area contributed by atoms with E-state index in [9.17, 15) is 32.3 Å². The lowest BCUT2D eigenvalue weighted by Crippen LogP contribution is -2.29. The highest BCUT2D eigenvalue weighted by molar-refractivity contribution is 6.51. The van der Waals surface area contributed by atoms with E-state index in [2.05, 4.69) is 4.74 Å². The smallest absolute Gasteiger partial charge is 0.507 e. The van der Waals surface area contributed by atoms with Crippen LogP contribution in [-0.2, 0) is 9.59 Å². The van der Waals surface area contributed by atoms with E-state index in [1.165, 1.54) is 44.6 Å². The Bertz CT molecular complexity index is 1400. The molecule has 0 radical (unpaired) electrons. The lowest BCUT2D eigenvalue weighted by molar-refractivity contribution is -0.274. The lowest BCUT2D eigenvalue weighted by Gasteiger charge is -2.26. The van der Waals surface area contributed by atoms with Crippen LogP contribution in [0.5, 0.6) is 17.2 Å². The number of aliphatic hydroxyl groups excluding tert-OH is 1. The Hall–Kier alpha value is -4.54. The SMILES string of the molecule is COc1cccc(C2/C(=C(\O)c3cc(F)ccc3OC)C(=O)C(=O)N2c2cccc(OC(F)(F)F)c2)c1. The number of halogens is 4. The Morgan fingerprint density at radius 2 is 1.62 bits per heavy atom. The highest BCUT2D eigenvalue weighted by Crippen LogP contribution is 2.44. The van der Waals surface area contributed by atoms with E-state index < -0.39 is 47.0 Å². The number of Topliss-reactive ketones (excluding diaryl/α,β-unsaturated/α-hetero) is 1. The summed E-state index contributed by atoms with van der Waals surface area (Å²) in [5.74, 6) is -3.99. The molecule has 1 amide bonds. The summed E-state index contributed by atoms with van der Waals surface area (Å²) >= 11 is 0. The zero-order valence-corrected chi connectivity index (χ0v) is 19.4. The molecule has 37 heavy (non-hydrogen) atoms. The van der Waals surface area contributed by atoms with Gasteiger partial charge in [-0.3, -0.25) is 14.5 Å². The molecule has 1 aliphatic heterocycles. The standard InChI is InChI=1S/C26H19F4NO6/c1-35-17-7-3-5-14(11-17)22-21(23(32)19-12-15(27)9-10-20(19)36-2)24(33)25(34)31(22)16-6-4-8-18(13-16)37-26(28,29)30/h3-13,22,32H,1-2H3/b23-21+. The second kappa shape index (κ2) is 9.84. The number of hydrogen-bond acceptors (Lipinski definition) is 6. The van der Waals surface area contributed by atoms with Crippen LogP contribution in [0.2, 0.25) is 0 Å². The molecule has 1 aliphatic rings. The Labute approximate surface area is 208 Å². The van der Waals surface area contributed by atoms with Crippen molar-refractivity contribution >= 4 is 23.1 Å². The number of aliphatic hydroxyl groups is 1. The Kier molecular flexibility index (Phi) is 6.80. The van der Waals surface area contributed by atoms with Gasteiger partial charge in [-0.05, 0) is 48.0 Å². The average Bonchev–Trinajstić information content (AvgIpc) is 3.13. The molecule has 0 saturated carbocycles. The summed E-state index contributed by atoms with van der Waals surface area (Å²) in [6, 6.07) is 12.6. The summed E-state index contributed by atoms with van der Waals surface area (Å²) in [4.78, 5) is 27.4. The monoisotopic (exact) mass is 517 g/mol. The van der Waals surface area contributed by atoms with E-state index in [0.717, 1.165) is 29.2 Å². The summed E-state index contributed by atoms with van der Waals surface area (Å²) in [6.07, 6.45) is -4.99. The largest absolute Gasteiger partial charge is 0.573 e. The van der Waals surface area contributed by atoms with Crippen LogP contribution in [0.25, 0.3) is 5.76 Å². The van der Waals surface area contributed by atoms with Crippen molar-refractivity contribution in [3.8, 4) is 17.2 Å². The van der Waals surface area contributed by atoms with Crippen molar-refractivity contribution in [3.05, 3.63) is 89.2 Å². The van der Waals surface area contributed by atoms with Crippen molar-refractivity contribution in [2.75, 3.05) is 19.1 Å². The minimum absolute atomic E-state index is 0.0232. The van der Waals surface area contributed by atoms with Crippen LogP contribution in [0.1, 0.15) is 17.2 Å². The number of anilines is 1. The minimum Gasteiger partial charge on any atom is -0.507 e. The quantitative estimate of drug-likeness (QED) is 0.205. The number of nitrogens with zero attached hydrogens (tertiary/aromatic N) is 1. The maximum absolute atomic E-state index is 14.1. The Balaban J connectivity index is 1.96. The normalized spacial score (nSPS) is 17.1. The fourth-order valence-corrected chi connectivity index (χ4v) is 4.07. The lowest BCUT2D eigenvalue weighted by atomic mass is 9.94. The van der Waals surface area contributed by atoms with Crippen LogP contribution < -0.4 is 19.1 Å². The molecule has 4 rings (SSSR count). The first-order valence-electron chi connectivity index (χ1n) is 10.7. The molecule has 0 bridgehead atoms. The molecule has 7 nitrogen and oxygen atoms in total. The van der Waals surface area contributed by atoms with E-state index in [1.54, 1.807) is 12.1 Å². The predicted molar refractivity (Wildman–Crippen MR) is 124 cm³/mol. The molecule has 1 saturated heterocycles. The summed E-state index contributed by atoms with van der Waals surface area (Å²) in [5, 5.41) is 11.2. The van der Waals surface area contributed by atoms with Gasteiger partial charge in [-0.15, -0.1) is 13.2 Å². The number of ether oxygens (including phenoxy) is 3. The van der Waals surface area contributed by atoms with E-state index >= 15 is 0 Å². The van der Waals surface area contributed by atoms with Gasteiger partial charge in [-0.2, -0.15) is 0 Å². The summed E-state index contributed by atoms with van der Waals surface area (Å²) in [6.45, 7) is 0. The number of benzene rings is 3. The van der Waals surface area contributed by atoms with Crippen molar-refractivity contribution in [3.63, 3.8) is 0 Å². The van der Waals surface area contributed by atoms with Crippen LogP contribution in [0.15, 0.2) is 72.3 Å². The van der Waals surface area contributed by atoms with Gasteiger partial charge >= 0.3 is 6.36 Å². The van der Waals surface area contributed by atoms with E-state index in [-0.39, 0.29) is 22.6 Å². The van der Waals surface area contributed by atoms with E-state index in [4.69, 9.17) is 9.47 Å². The number of carbonyl (C=O) groups is 2. The maximum Gasteiger partial charge on any atom is 0.573 e. The molecular formula is C26H19F4NO6. The third-order valence-corrected chi connectivity index (χ3v) is 5.60. The zero-order valence-electron chi connectivity index (χ0n) is 19.4. The molecule has 0 aromatic heterocycles. The van der Waals surface area contributed by atoms with Gasteiger partial charge < -0.3 is 19.3 Å². The maximum atomic E-state index is 14.1. The average molecular weight is 517 g/mol. The van der Waals surface area contributed by atoms with Gasteiger partial charge in [0.2, 0.25) is 0 Å². The number of hydrogen-bond donors (Lipinski definition) is 1. The molecule has 0 spiro atoms. The number of ketones is 1. The van der Waals surface area contributed by atoms with Crippen LogP contribution >= 0.6 is 0 Å².